The van der Waals surface area contributed by atoms with Crippen molar-refractivity contribution in [3.05, 3.63) is 91.3 Å². The van der Waals surface area contributed by atoms with Crippen molar-refractivity contribution in [2.45, 2.75) is 13.5 Å². The second-order valence-electron chi connectivity index (χ2n) is 6.46. The largest absolute Gasteiger partial charge is 0.320 e. The van der Waals surface area contributed by atoms with E-state index in [4.69, 9.17) is 23.2 Å². The first-order valence-corrected chi connectivity index (χ1v) is 10.3. The molecule has 0 spiro atoms. The average Bonchev–Trinajstić information content (AvgIpc) is 3.06. The number of nitrogens with zero attached hydrogens (tertiary/aromatic N) is 2. The fourth-order valence-electron chi connectivity index (χ4n) is 3.05. The van der Waals surface area contributed by atoms with Crippen LogP contribution in [0.2, 0.25) is 10.0 Å². The van der Waals surface area contributed by atoms with Gasteiger partial charge in [-0.2, -0.15) is 0 Å². The number of nitrogens with one attached hydrogen (secondary N) is 1. The van der Waals surface area contributed by atoms with Crippen LogP contribution in [-0.2, 0) is 6.54 Å². The normalized spacial score (nSPS) is 11.0. The highest BCUT2D eigenvalue weighted by Gasteiger charge is 2.20. The number of aromatic nitrogens is 2. The number of amides is 1. The minimum atomic E-state index is -0.358. The number of aryl methyl sites for hydroxylation is 1. The fourth-order valence-corrected chi connectivity index (χ4v) is 4.43. The molecule has 1 amide bonds. The summed E-state index contributed by atoms with van der Waals surface area (Å²) in [4.78, 5) is 31.2. The number of anilines is 1. The lowest BCUT2D eigenvalue weighted by Gasteiger charge is -2.07. The summed E-state index contributed by atoms with van der Waals surface area (Å²) >= 11 is 13.3. The van der Waals surface area contributed by atoms with Gasteiger partial charge in [0.25, 0.3) is 11.5 Å². The Morgan fingerprint density at radius 2 is 1.90 bits per heavy atom. The molecular weight excluding hydrogens is 429 g/mol. The van der Waals surface area contributed by atoms with Crippen molar-refractivity contribution >= 4 is 56.3 Å². The first kappa shape index (κ1) is 19.6. The Morgan fingerprint density at radius 3 is 2.66 bits per heavy atom. The molecule has 2 heterocycles. The zero-order valence-electron chi connectivity index (χ0n) is 15.3. The maximum absolute atomic E-state index is 13.0. The van der Waals surface area contributed by atoms with Gasteiger partial charge in [-0.25, -0.2) is 4.98 Å². The topological polar surface area (TPSA) is 64.0 Å². The van der Waals surface area contributed by atoms with E-state index in [1.54, 1.807) is 29.7 Å². The van der Waals surface area contributed by atoms with E-state index in [-0.39, 0.29) is 16.5 Å². The first-order valence-electron chi connectivity index (χ1n) is 8.73. The zero-order chi connectivity index (χ0) is 20.5. The van der Waals surface area contributed by atoms with Crippen LogP contribution in [0.3, 0.4) is 0 Å². The van der Waals surface area contributed by atoms with Gasteiger partial charge in [0.1, 0.15) is 4.83 Å². The summed E-state index contributed by atoms with van der Waals surface area (Å²) in [6.45, 7) is 2.17. The molecule has 2 aromatic heterocycles. The summed E-state index contributed by atoms with van der Waals surface area (Å²) in [6, 6.07) is 14.7. The number of carbonyl (C=O) groups is 1. The van der Waals surface area contributed by atoms with E-state index in [9.17, 15) is 9.59 Å². The molecule has 8 heteroatoms. The number of hydrogen-bond donors (Lipinski definition) is 1. The quantitative estimate of drug-likeness (QED) is 0.460. The molecule has 4 rings (SSSR count). The summed E-state index contributed by atoms with van der Waals surface area (Å²) in [7, 11) is 0. The Labute approximate surface area is 180 Å². The predicted molar refractivity (Wildman–Crippen MR) is 119 cm³/mol. The lowest BCUT2D eigenvalue weighted by Crippen LogP contribution is -2.21. The molecule has 2 aromatic carbocycles. The maximum atomic E-state index is 13.0. The van der Waals surface area contributed by atoms with Gasteiger partial charge in [0.15, 0.2) is 0 Å². The number of carbonyl (C=O) groups excluding carboxylic acids is 1. The lowest BCUT2D eigenvalue weighted by atomic mass is 10.2. The van der Waals surface area contributed by atoms with Crippen LogP contribution < -0.4 is 10.9 Å². The minimum absolute atomic E-state index is 0.174. The Kier molecular flexibility index (Phi) is 5.41. The molecule has 0 saturated carbocycles. The summed E-state index contributed by atoms with van der Waals surface area (Å²) in [6.07, 6.45) is 1.52. The number of rotatable bonds is 4. The van der Waals surface area contributed by atoms with Crippen molar-refractivity contribution in [3.63, 3.8) is 0 Å². The van der Waals surface area contributed by atoms with Crippen LogP contribution in [0.5, 0.6) is 0 Å². The molecule has 1 N–H and O–H groups in total. The zero-order valence-corrected chi connectivity index (χ0v) is 17.6. The molecule has 29 heavy (non-hydrogen) atoms. The molecule has 0 aliphatic rings. The third-order valence-electron chi connectivity index (χ3n) is 4.52. The van der Waals surface area contributed by atoms with E-state index in [0.29, 0.717) is 37.9 Å². The summed E-state index contributed by atoms with van der Waals surface area (Å²) in [5.74, 6) is -0.358. The van der Waals surface area contributed by atoms with Crippen molar-refractivity contribution in [3.8, 4) is 0 Å². The summed E-state index contributed by atoms with van der Waals surface area (Å²) in [5.41, 5.74) is 1.83. The highest BCUT2D eigenvalue weighted by atomic mass is 35.5. The van der Waals surface area contributed by atoms with Gasteiger partial charge in [-0.1, -0.05) is 59.6 Å². The predicted octanol–water partition coefficient (Wildman–Crippen LogP) is 5.37. The van der Waals surface area contributed by atoms with Crippen LogP contribution in [0.1, 0.15) is 20.8 Å². The number of fused-ring (bicyclic) bond motifs is 1. The van der Waals surface area contributed by atoms with Crippen molar-refractivity contribution in [2.75, 3.05) is 5.32 Å². The van der Waals surface area contributed by atoms with E-state index < -0.39 is 0 Å². The third-order valence-corrected chi connectivity index (χ3v) is 6.54. The molecule has 0 saturated heterocycles. The van der Waals surface area contributed by atoms with E-state index in [2.05, 4.69) is 10.3 Å². The second kappa shape index (κ2) is 7.99. The number of thiophene rings is 1. The summed E-state index contributed by atoms with van der Waals surface area (Å²) < 4.78 is 1.55. The van der Waals surface area contributed by atoms with Crippen molar-refractivity contribution in [2.24, 2.45) is 0 Å². The van der Waals surface area contributed by atoms with E-state index >= 15 is 0 Å². The summed E-state index contributed by atoms with van der Waals surface area (Å²) in [5, 5.41) is 3.83. The van der Waals surface area contributed by atoms with E-state index in [0.717, 1.165) is 5.56 Å². The van der Waals surface area contributed by atoms with E-state index in [1.165, 1.54) is 17.7 Å². The van der Waals surface area contributed by atoms with Crippen molar-refractivity contribution < 1.29 is 4.79 Å². The first-order chi connectivity index (χ1) is 14.0. The standard InChI is InChI=1S/C21H15Cl2N3O2S/c1-12-16-20(24-11-26(21(16)28)10-13-6-3-2-4-7-13)29-18(12)19(27)25-15-9-5-8-14(22)17(15)23/h2-9,11H,10H2,1H3,(H,25,27). The van der Waals surface area contributed by atoms with Crippen LogP contribution >= 0.6 is 34.5 Å². The second-order valence-corrected chi connectivity index (χ2v) is 8.24. The number of hydrogen-bond acceptors (Lipinski definition) is 4. The molecule has 0 aliphatic heterocycles. The van der Waals surface area contributed by atoms with Gasteiger partial charge in [0.05, 0.1) is 38.9 Å². The molecule has 0 aliphatic carbocycles. The maximum Gasteiger partial charge on any atom is 0.266 e. The van der Waals surface area contributed by atoms with Gasteiger partial charge in [-0.3, -0.25) is 14.2 Å². The molecule has 5 nitrogen and oxygen atoms in total. The Morgan fingerprint density at radius 1 is 1.14 bits per heavy atom. The van der Waals surface area contributed by atoms with Crippen molar-refractivity contribution in [1.82, 2.24) is 9.55 Å². The Balaban J connectivity index is 1.70. The smallest absolute Gasteiger partial charge is 0.266 e. The van der Waals surface area contributed by atoms with Gasteiger partial charge in [-0.15, -0.1) is 11.3 Å². The van der Waals surface area contributed by atoms with Gasteiger partial charge < -0.3 is 5.32 Å². The molecule has 0 unspecified atom stereocenters. The third kappa shape index (κ3) is 3.79. The molecule has 0 bridgehead atoms. The van der Waals surface area contributed by atoms with Crippen LogP contribution in [0.4, 0.5) is 5.69 Å². The van der Waals surface area contributed by atoms with Gasteiger partial charge in [0.2, 0.25) is 0 Å². The molecule has 0 fully saturated rings. The molecular formula is C21H15Cl2N3O2S. The highest BCUT2D eigenvalue weighted by Crippen LogP contribution is 2.32. The Hall–Kier alpha value is -2.67. The number of benzene rings is 2. The Bertz CT molecular complexity index is 1280. The highest BCUT2D eigenvalue weighted by molar-refractivity contribution is 7.20. The number of halogens is 2. The molecule has 0 radical (unpaired) electrons. The van der Waals surface area contributed by atoms with E-state index in [1.807, 2.05) is 30.3 Å². The molecule has 146 valence electrons. The van der Waals surface area contributed by atoms with Gasteiger partial charge >= 0.3 is 0 Å². The van der Waals surface area contributed by atoms with Crippen LogP contribution in [0, 0.1) is 6.92 Å². The molecule has 0 atom stereocenters. The minimum Gasteiger partial charge on any atom is -0.320 e. The fraction of sp³-hybridized carbons (Fsp3) is 0.0952. The van der Waals surface area contributed by atoms with Gasteiger partial charge in [0, 0.05) is 0 Å². The molecule has 4 aromatic rings. The SMILES string of the molecule is Cc1c(C(=O)Nc2cccc(Cl)c2Cl)sc2ncn(Cc3ccccc3)c(=O)c12. The van der Waals surface area contributed by atoms with Crippen LogP contribution in [-0.4, -0.2) is 15.5 Å². The van der Waals surface area contributed by atoms with Crippen molar-refractivity contribution in [1.29, 1.82) is 0 Å². The lowest BCUT2D eigenvalue weighted by molar-refractivity contribution is 0.103. The van der Waals surface area contributed by atoms with Crippen LogP contribution in [0.15, 0.2) is 59.7 Å². The van der Waals surface area contributed by atoms with Crippen LogP contribution in [0.25, 0.3) is 10.2 Å². The monoisotopic (exact) mass is 443 g/mol. The average molecular weight is 444 g/mol. The van der Waals surface area contributed by atoms with Gasteiger partial charge in [-0.05, 0) is 30.2 Å².